The van der Waals surface area contributed by atoms with Gasteiger partial charge in [-0.2, -0.15) is 0 Å². The number of rotatable bonds is 4. The van der Waals surface area contributed by atoms with Crippen LogP contribution < -0.4 is 0 Å². The van der Waals surface area contributed by atoms with E-state index in [0.29, 0.717) is 27.9 Å². The third-order valence-electron chi connectivity index (χ3n) is 4.87. The topological polar surface area (TPSA) is 56.5 Å². The Balaban J connectivity index is 2.02. The molecule has 0 radical (unpaired) electrons. The molecule has 7 heteroatoms. The highest BCUT2D eigenvalue weighted by Crippen LogP contribution is 2.32. The van der Waals surface area contributed by atoms with Crippen LogP contribution in [-0.4, -0.2) is 28.3 Å². The van der Waals surface area contributed by atoms with Crippen LogP contribution in [0, 0.1) is 0 Å². The number of hydrogen-bond acceptors (Lipinski definition) is 4. The van der Waals surface area contributed by atoms with Gasteiger partial charge in [0.1, 0.15) is 5.82 Å². The molecule has 0 N–H and O–H groups in total. The highest BCUT2D eigenvalue weighted by atomic mass is 35.5. The number of ether oxygens (including phenoxy) is 1. The minimum absolute atomic E-state index is 0.272. The Morgan fingerprint density at radius 2 is 1.97 bits per heavy atom. The van der Waals surface area contributed by atoms with Crippen molar-refractivity contribution in [2.45, 2.75) is 26.3 Å². The number of nitrogens with zero attached hydrogens (tertiary/aromatic N) is 3. The smallest absolute Gasteiger partial charge is 0.358 e. The molecule has 5 nitrogen and oxygen atoms in total. The van der Waals surface area contributed by atoms with Gasteiger partial charge in [0.05, 0.1) is 30.7 Å². The molecule has 29 heavy (non-hydrogen) atoms. The first-order valence-corrected chi connectivity index (χ1v) is 10.1. The minimum Gasteiger partial charge on any atom is -0.464 e. The molecule has 148 valence electrons. The molecule has 3 aromatic rings. The first-order chi connectivity index (χ1) is 14.0. The van der Waals surface area contributed by atoms with Crippen molar-refractivity contribution in [2.24, 2.45) is 4.99 Å². The molecule has 0 atom stereocenters. The van der Waals surface area contributed by atoms with Crippen molar-refractivity contribution in [3.8, 4) is 5.69 Å². The quantitative estimate of drug-likeness (QED) is 0.532. The Bertz CT molecular complexity index is 1140. The molecule has 1 aromatic heterocycles. The molecule has 0 amide bonds. The summed E-state index contributed by atoms with van der Waals surface area (Å²) in [6, 6.07) is 13.2. The zero-order valence-electron chi connectivity index (χ0n) is 16.1. The number of carbonyl (C=O) groups excluding carboxylic acids is 1. The van der Waals surface area contributed by atoms with E-state index < -0.39 is 5.97 Å². The largest absolute Gasteiger partial charge is 0.464 e. The molecular weight excluding hydrogens is 409 g/mol. The summed E-state index contributed by atoms with van der Waals surface area (Å²) in [4.78, 5) is 21.8. The number of fused-ring (bicyclic) bond motifs is 3. The van der Waals surface area contributed by atoms with Gasteiger partial charge in [-0.15, -0.1) is 0 Å². The van der Waals surface area contributed by atoms with Crippen molar-refractivity contribution in [3.05, 3.63) is 80.8 Å². The van der Waals surface area contributed by atoms with Crippen molar-refractivity contribution in [3.63, 3.8) is 0 Å². The molecule has 0 bridgehead atoms. The van der Waals surface area contributed by atoms with E-state index in [4.69, 9.17) is 32.9 Å². The second kappa shape index (κ2) is 8.01. The maximum atomic E-state index is 12.4. The van der Waals surface area contributed by atoms with Gasteiger partial charge in [-0.1, -0.05) is 48.3 Å². The zero-order chi connectivity index (χ0) is 20.5. The van der Waals surface area contributed by atoms with Crippen LogP contribution >= 0.6 is 23.2 Å². The first kappa shape index (κ1) is 19.7. The summed E-state index contributed by atoms with van der Waals surface area (Å²) in [6.07, 6.45) is 1.60. The number of aromatic nitrogens is 2. The van der Waals surface area contributed by atoms with Gasteiger partial charge < -0.3 is 4.74 Å². The van der Waals surface area contributed by atoms with E-state index in [0.717, 1.165) is 34.8 Å². The number of methoxy groups -OCH3 is 1. The van der Waals surface area contributed by atoms with Crippen LogP contribution in [0.3, 0.4) is 0 Å². The van der Waals surface area contributed by atoms with Crippen molar-refractivity contribution < 1.29 is 9.53 Å². The van der Waals surface area contributed by atoms with Gasteiger partial charge >= 0.3 is 5.97 Å². The molecule has 0 aliphatic carbocycles. The van der Waals surface area contributed by atoms with E-state index >= 15 is 0 Å². The van der Waals surface area contributed by atoms with Crippen LogP contribution in [-0.2, 0) is 17.7 Å². The lowest BCUT2D eigenvalue weighted by Crippen LogP contribution is -2.10. The van der Waals surface area contributed by atoms with Gasteiger partial charge in [0.25, 0.3) is 0 Å². The fourth-order valence-electron chi connectivity index (χ4n) is 3.60. The number of aliphatic imine (C=N–C) groups is 1. The van der Waals surface area contributed by atoms with Crippen LogP contribution in [0.15, 0.2) is 47.5 Å². The standard InChI is InChI=1S/C22H19Cl2N3O2/c1-3-6-19-26-21(22(28)29-2)18-12-25-20(14-7-4-5-8-16(14)24)15-11-13(23)9-10-17(15)27(18)19/h4-5,7-11H,3,6,12H2,1-2H3. The summed E-state index contributed by atoms with van der Waals surface area (Å²) >= 11 is 12.8. The van der Waals surface area contributed by atoms with E-state index in [1.807, 2.05) is 47.0 Å². The third-order valence-corrected chi connectivity index (χ3v) is 5.43. The Hall–Kier alpha value is -2.63. The summed E-state index contributed by atoms with van der Waals surface area (Å²) in [5, 5.41) is 1.20. The number of halogens is 2. The Kier molecular flexibility index (Phi) is 5.43. The van der Waals surface area contributed by atoms with Gasteiger partial charge in [-0.25, -0.2) is 9.78 Å². The second-order valence-corrected chi connectivity index (χ2v) is 7.55. The predicted molar refractivity (Wildman–Crippen MR) is 115 cm³/mol. The summed E-state index contributed by atoms with van der Waals surface area (Å²) in [5.41, 5.74) is 4.25. The molecule has 2 heterocycles. The lowest BCUT2D eigenvalue weighted by Gasteiger charge is -2.15. The summed E-state index contributed by atoms with van der Waals surface area (Å²) in [6.45, 7) is 2.35. The number of imidazole rings is 1. The van der Waals surface area contributed by atoms with Crippen LogP contribution in [0.1, 0.15) is 46.5 Å². The van der Waals surface area contributed by atoms with Gasteiger partial charge in [-0.3, -0.25) is 9.56 Å². The van der Waals surface area contributed by atoms with Gasteiger partial charge in [0, 0.05) is 27.6 Å². The van der Waals surface area contributed by atoms with E-state index in [2.05, 4.69) is 11.9 Å². The summed E-state index contributed by atoms with van der Waals surface area (Å²) < 4.78 is 6.98. The average Bonchev–Trinajstić information content (AvgIpc) is 2.98. The van der Waals surface area contributed by atoms with Crippen molar-refractivity contribution in [1.82, 2.24) is 9.55 Å². The van der Waals surface area contributed by atoms with E-state index in [-0.39, 0.29) is 6.54 Å². The fraction of sp³-hybridized carbons (Fsp3) is 0.227. The maximum absolute atomic E-state index is 12.4. The molecule has 1 aliphatic heterocycles. The van der Waals surface area contributed by atoms with Gasteiger partial charge in [0.15, 0.2) is 5.69 Å². The predicted octanol–water partition coefficient (Wildman–Crippen LogP) is 5.27. The normalized spacial score (nSPS) is 12.6. The minimum atomic E-state index is -0.469. The lowest BCUT2D eigenvalue weighted by molar-refractivity contribution is 0.0593. The molecular formula is C22H19Cl2N3O2. The van der Waals surface area contributed by atoms with Crippen LogP contribution in [0.25, 0.3) is 5.69 Å². The lowest BCUT2D eigenvalue weighted by atomic mass is 10.0. The maximum Gasteiger partial charge on any atom is 0.358 e. The second-order valence-electron chi connectivity index (χ2n) is 6.71. The molecule has 0 unspecified atom stereocenters. The molecule has 1 aliphatic rings. The molecule has 2 aromatic carbocycles. The van der Waals surface area contributed by atoms with Crippen LogP contribution in [0.4, 0.5) is 0 Å². The SMILES string of the molecule is CCCc1nc(C(=O)OC)c2n1-c1ccc(Cl)cc1C(c1ccccc1Cl)=NC2. The van der Waals surface area contributed by atoms with Crippen molar-refractivity contribution >= 4 is 34.9 Å². The summed E-state index contributed by atoms with van der Waals surface area (Å²) in [5.74, 6) is 0.324. The third kappa shape index (κ3) is 3.45. The van der Waals surface area contributed by atoms with Gasteiger partial charge in [0.2, 0.25) is 0 Å². The van der Waals surface area contributed by atoms with Crippen molar-refractivity contribution in [2.75, 3.05) is 7.11 Å². The van der Waals surface area contributed by atoms with Gasteiger partial charge in [-0.05, 0) is 30.7 Å². The molecule has 0 fully saturated rings. The number of hydrogen-bond donors (Lipinski definition) is 0. The number of benzene rings is 2. The van der Waals surface area contributed by atoms with Crippen LogP contribution in [0.5, 0.6) is 0 Å². The van der Waals surface area contributed by atoms with Crippen molar-refractivity contribution in [1.29, 1.82) is 0 Å². The monoisotopic (exact) mass is 427 g/mol. The average molecular weight is 428 g/mol. The van der Waals surface area contributed by atoms with E-state index in [9.17, 15) is 4.79 Å². The molecule has 0 saturated heterocycles. The number of carbonyl (C=O) groups is 1. The zero-order valence-corrected chi connectivity index (χ0v) is 17.6. The highest BCUT2D eigenvalue weighted by Gasteiger charge is 2.28. The summed E-state index contributed by atoms with van der Waals surface area (Å²) in [7, 11) is 1.36. The van der Waals surface area contributed by atoms with E-state index in [1.165, 1.54) is 7.11 Å². The Labute approximate surface area is 179 Å². The molecule has 0 spiro atoms. The Morgan fingerprint density at radius 3 is 2.69 bits per heavy atom. The number of aryl methyl sites for hydroxylation is 1. The van der Waals surface area contributed by atoms with Crippen LogP contribution in [0.2, 0.25) is 10.0 Å². The molecule has 4 rings (SSSR count). The van der Waals surface area contributed by atoms with E-state index in [1.54, 1.807) is 0 Å². The first-order valence-electron chi connectivity index (χ1n) is 9.33. The number of esters is 1. The fourth-order valence-corrected chi connectivity index (χ4v) is 4.00. The molecule has 0 saturated carbocycles. The highest BCUT2D eigenvalue weighted by molar-refractivity contribution is 6.36. The Morgan fingerprint density at radius 1 is 1.17 bits per heavy atom.